The first-order valence-corrected chi connectivity index (χ1v) is 10.4. The Morgan fingerprint density at radius 3 is 1.85 bits per heavy atom. The van der Waals surface area contributed by atoms with Crippen LogP contribution in [0.25, 0.3) is 0 Å². The molecule has 194 valence electrons. The van der Waals surface area contributed by atoms with E-state index in [2.05, 4.69) is 0 Å². The molecule has 0 aromatic rings. The molecule has 0 radical (unpaired) electrons. The predicted molar refractivity (Wildman–Crippen MR) is 99.8 cm³/mol. The summed E-state index contributed by atoms with van der Waals surface area (Å²) in [6, 6.07) is 0. The molecule has 3 rings (SSSR count). The minimum Gasteiger partial charge on any atom is -0.394 e. The average molecular weight is 488 g/mol. The molecule has 3 heterocycles. The van der Waals surface area contributed by atoms with Crippen LogP contribution in [0.2, 0.25) is 0 Å². The van der Waals surface area contributed by atoms with E-state index in [4.69, 9.17) is 23.7 Å². The highest BCUT2D eigenvalue weighted by atomic mass is 16.7. The molecule has 0 unspecified atom stereocenters. The Morgan fingerprint density at radius 1 is 0.606 bits per heavy atom. The van der Waals surface area contributed by atoms with Gasteiger partial charge in [-0.15, -0.1) is 0 Å². The lowest BCUT2D eigenvalue weighted by molar-refractivity contribution is -0.361. The van der Waals surface area contributed by atoms with Gasteiger partial charge in [0.25, 0.3) is 0 Å². The van der Waals surface area contributed by atoms with Gasteiger partial charge in [0.2, 0.25) is 0 Å². The molecule has 0 bridgehead atoms. The van der Waals surface area contributed by atoms with Gasteiger partial charge < -0.3 is 74.7 Å². The van der Waals surface area contributed by atoms with Gasteiger partial charge >= 0.3 is 0 Å². The smallest absolute Gasteiger partial charge is 0.187 e. The van der Waals surface area contributed by atoms with E-state index in [-0.39, 0.29) is 0 Å². The number of hydrogen-bond donors (Lipinski definition) is 10. The van der Waals surface area contributed by atoms with Crippen LogP contribution in [0.5, 0.6) is 0 Å². The van der Waals surface area contributed by atoms with Gasteiger partial charge in [-0.2, -0.15) is 0 Å². The van der Waals surface area contributed by atoms with E-state index >= 15 is 0 Å². The van der Waals surface area contributed by atoms with Gasteiger partial charge in [0.05, 0.1) is 19.3 Å². The largest absolute Gasteiger partial charge is 0.394 e. The normalized spacial score (nSPS) is 53.7. The second kappa shape index (κ2) is 11.0. The molecule has 3 fully saturated rings. The molecule has 15 heteroatoms. The van der Waals surface area contributed by atoms with Gasteiger partial charge in [-0.05, 0) is 6.92 Å². The lowest BCUT2D eigenvalue weighted by Gasteiger charge is -2.46. The van der Waals surface area contributed by atoms with Crippen molar-refractivity contribution in [2.45, 2.75) is 99.0 Å². The van der Waals surface area contributed by atoms with Gasteiger partial charge in [0.1, 0.15) is 67.1 Å². The fraction of sp³-hybridized carbons (Fsp3) is 1.00. The van der Waals surface area contributed by atoms with Crippen molar-refractivity contribution in [1.29, 1.82) is 0 Å². The minimum atomic E-state index is -1.80. The molecule has 10 N–H and O–H groups in total. The summed E-state index contributed by atoms with van der Waals surface area (Å²) in [5.41, 5.74) is 0. The summed E-state index contributed by atoms with van der Waals surface area (Å²) in [4.78, 5) is 0. The highest BCUT2D eigenvalue weighted by Crippen LogP contribution is 2.30. The zero-order chi connectivity index (χ0) is 24.6. The number of rotatable bonds is 6. The van der Waals surface area contributed by atoms with Gasteiger partial charge in [-0.3, -0.25) is 0 Å². The van der Waals surface area contributed by atoms with Crippen molar-refractivity contribution in [1.82, 2.24) is 0 Å². The Balaban J connectivity index is 1.62. The quantitative estimate of drug-likeness (QED) is 0.167. The zero-order valence-corrected chi connectivity index (χ0v) is 17.6. The van der Waals surface area contributed by atoms with Gasteiger partial charge in [0.15, 0.2) is 18.9 Å². The highest BCUT2D eigenvalue weighted by molar-refractivity contribution is 4.94. The minimum absolute atomic E-state index is 0.549. The molecule has 3 aliphatic heterocycles. The highest BCUT2D eigenvalue weighted by Gasteiger charge is 2.51. The standard InChI is InChI=1S/C18H32O15/c1-4-7(20)9(22)13(26)18(30-4)33-15-5(2-19)32-17(14(27)11(15)24)29-3-6-8(21)10(23)12(25)16(28)31-6/h4-28H,2-3H2,1H3/t4-,5+,6+,7-,8+,9+,10-,11+,12+,13+,14+,15+,16-,17+,18-/m0/s1. The number of aliphatic hydroxyl groups is 10. The third-order valence-corrected chi connectivity index (χ3v) is 6.03. The number of ether oxygens (including phenoxy) is 5. The second-order valence-electron chi connectivity index (χ2n) is 8.36. The molecule has 15 atom stereocenters. The van der Waals surface area contributed by atoms with E-state index in [0.29, 0.717) is 0 Å². The Labute approximate surface area is 187 Å². The molecule has 33 heavy (non-hydrogen) atoms. The molecule has 0 amide bonds. The van der Waals surface area contributed by atoms with Crippen LogP contribution in [-0.4, -0.2) is 156 Å². The van der Waals surface area contributed by atoms with Crippen molar-refractivity contribution >= 4 is 0 Å². The van der Waals surface area contributed by atoms with Crippen LogP contribution < -0.4 is 0 Å². The average Bonchev–Trinajstić information content (AvgIpc) is 2.79. The summed E-state index contributed by atoms with van der Waals surface area (Å²) >= 11 is 0. The van der Waals surface area contributed by atoms with Crippen molar-refractivity contribution < 1.29 is 74.7 Å². The number of aliphatic hydroxyl groups excluding tert-OH is 10. The molecule has 0 saturated carbocycles. The molecule has 15 nitrogen and oxygen atoms in total. The Bertz CT molecular complexity index is 622. The summed E-state index contributed by atoms with van der Waals surface area (Å²) in [6.07, 6.45) is -23.3. The van der Waals surface area contributed by atoms with Gasteiger partial charge in [-0.1, -0.05) is 0 Å². The summed E-state index contributed by atoms with van der Waals surface area (Å²) in [5, 5.41) is 99.2. The molecule has 0 aliphatic carbocycles. The molecule has 3 aliphatic rings. The van der Waals surface area contributed by atoms with Crippen LogP contribution in [0.3, 0.4) is 0 Å². The van der Waals surface area contributed by atoms with Crippen molar-refractivity contribution in [3.8, 4) is 0 Å². The van der Waals surface area contributed by atoms with Crippen molar-refractivity contribution in [3.63, 3.8) is 0 Å². The van der Waals surface area contributed by atoms with E-state index in [1.54, 1.807) is 0 Å². The van der Waals surface area contributed by atoms with Crippen LogP contribution in [0.1, 0.15) is 6.92 Å². The summed E-state index contributed by atoms with van der Waals surface area (Å²) in [6.45, 7) is 0.136. The van der Waals surface area contributed by atoms with Crippen LogP contribution in [0.15, 0.2) is 0 Å². The maximum Gasteiger partial charge on any atom is 0.187 e. The van der Waals surface area contributed by atoms with Crippen molar-refractivity contribution in [2.24, 2.45) is 0 Å². The van der Waals surface area contributed by atoms with Crippen LogP contribution in [-0.2, 0) is 23.7 Å². The van der Waals surface area contributed by atoms with E-state index in [0.717, 1.165) is 0 Å². The first kappa shape index (κ1) is 27.0. The SMILES string of the molecule is C[C@@H]1O[C@@H](O[C@H]2[C@H](O)[C@@H](O)[C@H](OC[C@H]3O[C@H](O)[C@H](O)[C@@H](O)[C@@H]3O)O[C@@H]2CO)[C@H](O)[C@H](O)[C@H]1O. The maximum absolute atomic E-state index is 10.5. The topological polar surface area (TPSA) is 248 Å². The lowest BCUT2D eigenvalue weighted by Crippen LogP contribution is -2.64. The second-order valence-corrected chi connectivity index (χ2v) is 8.36. The fourth-order valence-electron chi connectivity index (χ4n) is 3.90. The molecular formula is C18H32O15. The van der Waals surface area contributed by atoms with Crippen LogP contribution >= 0.6 is 0 Å². The fourth-order valence-corrected chi connectivity index (χ4v) is 3.90. The first-order chi connectivity index (χ1) is 15.5. The van der Waals surface area contributed by atoms with E-state index in [1.807, 2.05) is 0 Å². The predicted octanol–water partition coefficient (Wildman–Crippen LogP) is -6.55. The first-order valence-electron chi connectivity index (χ1n) is 10.4. The van der Waals surface area contributed by atoms with E-state index < -0.39 is 105 Å². The Morgan fingerprint density at radius 2 is 1.21 bits per heavy atom. The molecular weight excluding hydrogens is 456 g/mol. The third kappa shape index (κ3) is 5.48. The summed E-state index contributed by atoms with van der Waals surface area (Å²) < 4.78 is 26.4. The van der Waals surface area contributed by atoms with Crippen molar-refractivity contribution in [2.75, 3.05) is 13.2 Å². The molecule has 0 aromatic heterocycles. The van der Waals surface area contributed by atoms with Crippen LogP contribution in [0, 0.1) is 0 Å². The Hall–Kier alpha value is -0.600. The summed E-state index contributed by atoms with van der Waals surface area (Å²) in [5.74, 6) is 0. The summed E-state index contributed by atoms with van der Waals surface area (Å²) in [7, 11) is 0. The Kier molecular flexibility index (Phi) is 8.99. The molecule has 0 aromatic carbocycles. The van der Waals surface area contributed by atoms with E-state index in [9.17, 15) is 51.1 Å². The lowest BCUT2D eigenvalue weighted by atomic mass is 9.97. The maximum atomic E-state index is 10.5. The van der Waals surface area contributed by atoms with Gasteiger partial charge in [0, 0.05) is 0 Å². The van der Waals surface area contributed by atoms with Gasteiger partial charge in [-0.25, -0.2) is 0 Å². The molecule has 0 spiro atoms. The third-order valence-electron chi connectivity index (χ3n) is 6.03. The number of hydrogen-bond acceptors (Lipinski definition) is 15. The monoisotopic (exact) mass is 488 g/mol. The van der Waals surface area contributed by atoms with E-state index in [1.165, 1.54) is 6.92 Å². The zero-order valence-electron chi connectivity index (χ0n) is 17.6. The van der Waals surface area contributed by atoms with Crippen LogP contribution in [0.4, 0.5) is 0 Å². The molecule has 3 saturated heterocycles. The van der Waals surface area contributed by atoms with Crippen molar-refractivity contribution in [3.05, 3.63) is 0 Å².